The van der Waals surface area contributed by atoms with Gasteiger partial charge in [0.2, 0.25) is 0 Å². The molecule has 2 fully saturated rings. The lowest BCUT2D eigenvalue weighted by atomic mass is 9.75. The average molecular weight is 405 g/mol. The van der Waals surface area contributed by atoms with E-state index in [0.29, 0.717) is 0 Å². The minimum absolute atomic E-state index is 0.166. The summed E-state index contributed by atoms with van der Waals surface area (Å²) in [6, 6.07) is 17.1. The number of carbonyl (C=O) groups is 1. The van der Waals surface area contributed by atoms with Crippen molar-refractivity contribution >= 4 is 6.03 Å². The van der Waals surface area contributed by atoms with Gasteiger partial charge in [-0.2, -0.15) is 5.26 Å². The number of nitrogens with one attached hydrogen (secondary N) is 1. The van der Waals surface area contributed by atoms with E-state index in [1.165, 1.54) is 4.90 Å². The SMILES string of the molecule is COc1ccc(-c2ccc([C@H]3[C@@H](C#N)N(C(=O)NC4CCCC4)[C@@H]3CO)cc2)cc1. The Hall–Kier alpha value is -3.04. The molecule has 1 aliphatic heterocycles. The summed E-state index contributed by atoms with van der Waals surface area (Å²) in [5.41, 5.74) is 3.09. The van der Waals surface area contributed by atoms with Gasteiger partial charge in [0, 0.05) is 12.0 Å². The van der Waals surface area contributed by atoms with Crippen molar-refractivity contribution in [2.45, 2.75) is 49.7 Å². The van der Waals surface area contributed by atoms with E-state index in [9.17, 15) is 15.2 Å². The van der Waals surface area contributed by atoms with E-state index in [1.54, 1.807) is 7.11 Å². The Morgan fingerprint density at radius 2 is 1.73 bits per heavy atom. The predicted octanol–water partition coefficient (Wildman–Crippen LogP) is 3.67. The monoisotopic (exact) mass is 405 g/mol. The van der Waals surface area contributed by atoms with E-state index >= 15 is 0 Å². The molecule has 0 bridgehead atoms. The number of nitriles is 1. The highest BCUT2D eigenvalue weighted by Gasteiger charge is 2.52. The molecule has 2 N–H and O–H groups in total. The number of likely N-dealkylation sites (tertiary alicyclic amines) is 1. The molecule has 2 aromatic rings. The highest BCUT2D eigenvalue weighted by atomic mass is 16.5. The molecule has 30 heavy (non-hydrogen) atoms. The number of ether oxygens (including phenoxy) is 1. The highest BCUT2D eigenvalue weighted by molar-refractivity contribution is 5.78. The van der Waals surface area contributed by atoms with Crippen LogP contribution < -0.4 is 10.1 Å². The minimum Gasteiger partial charge on any atom is -0.497 e. The van der Waals surface area contributed by atoms with Crippen LogP contribution in [0.5, 0.6) is 5.75 Å². The molecule has 1 saturated carbocycles. The number of carbonyl (C=O) groups excluding carboxylic acids is 1. The Labute approximate surface area is 177 Å². The van der Waals surface area contributed by atoms with Crippen LogP contribution in [-0.2, 0) is 0 Å². The van der Waals surface area contributed by atoms with Gasteiger partial charge < -0.3 is 20.1 Å². The molecule has 0 spiro atoms. The number of hydrogen-bond donors (Lipinski definition) is 2. The van der Waals surface area contributed by atoms with Gasteiger partial charge in [-0.3, -0.25) is 0 Å². The van der Waals surface area contributed by atoms with Crippen molar-refractivity contribution in [1.82, 2.24) is 10.2 Å². The van der Waals surface area contributed by atoms with Gasteiger partial charge in [-0.1, -0.05) is 49.2 Å². The summed E-state index contributed by atoms with van der Waals surface area (Å²) in [4.78, 5) is 14.2. The van der Waals surface area contributed by atoms with Crippen LogP contribution in [-0.4, -0.2) is 47.9 Å². The molecule has 156 valence electrons. The second-order valence-corrected chi connectivity index (χ2v) is 8.04. The zero-order valence-electron chi connectivity index (χ0n) is 17.1. The van der Waals surface area contributed by atoms with Crippen molar-refractivity contribution < 1.29 is 14.6 Å². The molecule has 1 aliphatic carbocycles. The molecule has 6 nitrogen and oxygen atoms in total. The van der Waals surface area contributed by atoms with Gasteiger partial charge >= 0.3 is 6.03 Å². The van der Waals surface area contributed by atoms with E-state index in [0.717, 1.165) is 48.1 Å². The molecule has 2 aliphatic rings. The summed E-state index contributed by atoms with van der Waals surface area (Å²) in [7, 11) is 1.64. The van der Waals surface area contributed by atoms with Gasteiger partial charge in [-0.25, -0.2) is 4.79 Å². The lowest BCUT2D eigenvalue weighted by molar-refractivity contribution is 0.0158. The predicted molar refractivity (Wildman–Crippen MR) is 114 cm³/mol. The van der Waals surface area contributed by atoms with Gasteiger partial charge in [0.25, 0.3) is 0 Å². The maximum atomic E-state index is 12.7. The standard InChI is InChI=1S/C24H27N3O3/c1-30-20-12-10-17(11-13-20)16-6-8-18(9-7-16)23-21(14-25)27(22(23)15-28)24(29)26-19-4-2-3-5-19/h6-13,19,21-23,28H,2-5,15H2,1H3,(H,26,29)/t21-,22-,23+/m1/s1. The van der Waals surface area contributed by atoms with Crippen molar-refractivity contribution in [3.05, 3.63) is 54.1 Å². The number of hydrogen-bond acceptors (Lipinski definition) is 4. The van der Waals surface area contributed by atoms with E-state index in [1.807, 2.05) is 48.5 Å². The highest BCUT2D eigenvalue weighted by Crippen LogP contribution is 2.41. The fourth-order valence-electron chi connectivity index (χ4n) is 4.69. The first-order chi connectivity index (χ1) is 14.7. The minimum atomic E-state index is -0.574. The Morgan fingerprint density at radius 1 is 1.13 bits per heavy atom. The van der Waals surface area contributed by atoms with Gasteiger partial charge in [-0.05, 0) is 41.7 Å². The molecule has 4 rings (SSSR count). The molecule has 2 amide bonds. The third-order valence-corrected chi connectivity index (χ3v) is 6.37. The van der Waals surface area contributed by atoms with Crippen molar-refractivity contribution in [2.24, 2.45) is 0 Å². The molecular weight excluding hydrogens is 378 g/mol. The normalized spacial score (nSPS) is 23.5. The molecular formula is C24H27N3O3. The van der Waals surface area contributed by atoms with Crippen LogP contribution in [0.3, 0.4) is 0 Å². The summed E-state index contributed by atoms with van der Waals surface area (Å²) in [6.07, 6.45) is 4.21. The Morgan fingerprint density at radius 3 is 2.27 bits per heavy atom. The van der Waals surface area contributed by atoms with Crippen LogP contribution in [0.1, 0.15) is 37.2 Å². The fourth-order valence-corrected chi connectivity index (χ4v) is 4.69. The third kappa shape index (κ3) is 3.73. The molecule has 3 atom stereocenters. The summed E-state index contributed by atoms with van der Waals surface area (Å²) in [5, 5.41) is 22.7. The van der Waals surface area contributed by atoms with Crippen LogP contribution in [0.4, 0.5) is 4.79 Å². The smallest absolute Gasteiger partial charge is 0.319 e. The van der Waals surface area contributed by atoms with Gasteiger partial charge in [0.05, 0.1) is 25.8 Å². The largest absolute Gasteiger partial charge is 0.497 e. The Bertz CT molecular complexity index is 914. The second kappa shape index (κ2) is 8.76. The summed E-state index contributed by atoms with van der Waals surface area (Å²) >= 11 is 0. The zero-order chi connectivity index (χ0) is 21.1. The van der Waals surface area contributed by atoms with Crippen LogP contribution in [0.25, 0.3) is 11.1 Å². The molecule has 6 heteroatoms. The van der Waals surface area contributed by atoms with Gasteiger partial charge in [0.15, 0.2) is 0 Å². The number of benzene rings is 2. The van der Waals surface area contributed by atoms with Crippen molar-refractivity contribution in [1.29, 1.82) is 5.26 Å². The molecule has 0 aromatic heterocycles. The average Bonchev–Trinajstić information content (AvgIpc) is 3.27. The number of nitrogens with zero attached hydrogens (tertiary/aromatic N) is 2. The van der Waals surface area contributed by atoms with Crippen molar-refractivity contribution in [3.8, 4) is 22.9 Å². The van der Waals surface area contributed by atoms with Crippen molar-refractivity contribution in [2.75, 3.05) is 13.7 Å². The summed E-state index contributed by atoms with van der Waals surface area (Å²) in [5.74, 6) is 0.614. The van der Waals surface area contributed by atoms with Gasteiger partial charge in [-0.15, -0.1) is 0 Å². The summed E-state index contributed by atoms with van der Waals surface area (Å²) < 4.78 is 5.21. The first-order valence-electron chi connectivity index (χ1n) is 10.5. The second-order valence-electron chi connectivity index (χ2n) is 8.04. The lowest BCUT2D eigenvalue weighted by Crippen LogP contribution is -2.67. The van der Waals surface area contributed by atoms with Crippen molar-refractivity contribution in [3.63, 3.8) is 0 Å². The first kappa shape index (κ1) is 20.2. The maximum absolute atomic E-state index is 12.7. The third-order valence-electron chi connectivity index (χ3n) is 6.37. The lowest BCUT2D eigenvalue weighted by Gasteiger charge is -2.51. The van der Waals surface area contributed by atoms with Crippen LogP contribution in [0.2, 0.25) is 0 Å². The molecule has 0 radical (unpaired) electrons. The number of aliphatic hydroxyl groups is 1. The summed E-state index contributed by atoms with van der Waals surface area (Å²) in [6.45, 7) is -0.166. The number of methoxy groups -OCH3 is 1. The topological polar surface area (TPSA) is 85.6 Å². The maximum Gasteiger partial charge on any atom is 0.319 e. The quantitative estimate of drug-likeness (QED) is 0.795. The molecule has 2 aromatic carbocycles. The van der Waals surface area contributed by atoms with E-state index < -0.39 is 6.04 Å². The van der Waals surface area contributed by atoms with Crippen LogP contribution >= 0.6 is 0 Å². The molecule has 0 unspecified atom stereocenters. The number of amides is 2. The van der Waals surface area contributed by atoms with Gasteiger partial charge in [0.1, 0.15) is 11.8 Å². The number of urea groups is 1. The zero-order valence-corrected chi connectivity index (χ0v) is 17.1. The van der Waals surface area contributed by atoms with E-state index in [-0.39, 0.29) is 30.6 Å². The molecule has 1 saturated heterocycles. The Balaban J connectivity index is 1.49. The van der Waals surface area contributed by atoms with Crippen LogP contribution in [0, 0.1) is 11.3 Å². The Kier molecular flexibility index (Phi) is 5.91. The van der Waals surface area contributed by atoms with Crippen LogP contribution in [0.15, 0.2) is 48.5 Å². The van der Waals surface area contributed by atoms with E-state index in [4.69, 9.17) is 4.74 Å². The fraction of sp³-hybridized carbons (Fsp3) is 0.417. The van der Waals surface area contributed by atoms with E-state index in [2.05, 4.69) is 11.4 Å². The number of rotatable bonds is 5. The number of aliphatic hydroxyl groups excluding tert-OH is 1. The first-order valence-corrected chi connectivity index (χ1v) is 10.5. The molecule has 1 heterocycles.